The zero-order valence-corrected chi connectivity index (χ0v) is 11.6. The number of halogens is 1. The molecule has 3 rings (SSSR count). The molecule has 0 saturated heterocycles. The predicted molar refractivity (Wildman–Crippen MR) is 76.0 cm³/mol. The Morgan fingerprint density at radius 3 is 2.83 bits per heavy atom. The van der Waals surface area contributed by atoms with Crippen LogP contribution in [0.15, 0.2) is 18.2 Å². The minimum Gasteiger partial charge on any atom is -0.327 e. The van der Waals surface area contributed by atoms with E-state index in [2.05, 4.69) is 34.7 Å². The molecule has 0 unspecified atom stereocenters. The fourth-order valence-corrected chi connectivity index (χ4v) is 3.24. The summed E-state index contributed by atoms with van der Waals surface area (Å²) in [4.78, 5) is 4.65. The minimum absolute atomic E-state index is 0.500. The van der Waals surface area contributed by atoms with Gasteiger partial charge in [0.15, 0.2) is 0 Å². The largest absolute Gasteiger partial charge is 0.327 e. The lowest BCUT2D eigenvalue weighted by molar-refractivity contribution is 0.457. The number of rotatable bonds is 3. The third-order valence-electron chi connectivity index (χ3n) is 4.02. The number of nitrogens with zero attached hydrogens (tertiary/aromatic N) is 2. The molecule has 1 aliphatic carbocycles. The third kappa shape index (κ3) is 2.14. The Kier molecular flexibility index (Phi) is 3.29. The van der Waals surface area contributed by atoms with Crippen molar-refractivity contribution < 1.29 is 0 Å². The molecule has 1 aromatic carbocycles. The van der Waals surface area contributed by atoms with Crippen molar-refractivity contribution in [1.29, 1.82) is 0 Å². The summed E-state index contributed by atoms with van der Waals surface area (Å²) in [6.07, 6.45) is 5.47. The summed E-state index contributed by atoms with van der Waals surface area (Å²) >= 11 is 6.05. The molecule has 0 radical (unpaired) electrons. The molecule has 1 aromatic heterocycles. The molecule has 2 aromatic rings. The molecule has 0 spiro atoms. The van der Waals surface area contributed by atoms with Gasteiger partial charge >= 0.3 is 0 Å². The van der Waals surface area contributed by atoms with Crippen LogP contribution in [0.4, 0.5) is 0 Å². The summed E-state index contributed by atoms with van der Waals surface area (Å²) in [7, 11) is 0. The quantitative estimate of drug-likeness (QED) is 0.755. The molecular formula is C15H19ClN2. The second-order valence-electron chi connectivity index (χ2n) is 5.41. The monoisotopic (exact) mass is 262 g/mol. The third-order valence-corrected chi connectivity index (χ3v) is 4.26. The smallest absolute Gasteiger partial charge is 0.124 e. The first-order valence-corrected chi connectivity index (χ1v) is 7.33. The van der Waals surface area contributed by atoms with E-state index < -0.39 is 0 Å². The number of benzene rings is 1. The van der Waals surface area contributed by atoms with E-state index in [1.807, 2.05) is 0 Å². The number of aryl methyl sites for hydroxylation is 1. The van der Waals surface area contributed by atoms with E-state index >= 15 is 0 Å². The second kappa shape index (κ2) is 4.93. The highest BCUT2D eigenvalue weighted by molar-refractivity contribution is 6.16. The van der Waals surface area contributed by atoms with Gasteiger partial charge in [0.05, 0.1) is 16.9 Å². The lowest BCUT2D eigenvalue weighted by Gasteiger charge is -2.13. The molecule has 96 valence electrons. The molecule has 18 heavy (non-hydrogen) atoms. The van der Waals surface area contributed by atoms with E-state index in [1.165, 1.54) is 36.8 Å². The summed E-state index contributed by atoms with van der Waals surface area (Å²) in [5.74, 6) is 2.33. The van der Waals surface area contributed by atoms with Crippen LogP contribution in [0.1, 0.15) is 37.1 Å². The average molecular weight is 263 g/mol. The molecule has 1 aliphatic rings. The van der Waals surface area contributed by atoms with Crippen molar-refractivity contribution in [1.82, 2.24) is 9.55 Å². The van der Waals surface area contributed by atoms with E-state index in [1.54, 1.807) is 0 Å². The van der Waals surface area contributed by atoms with Gasteiger partial charge in [-0.2, -0.15) is 0 Å². The van der Waals surface area contributed by atoms with Crippen molar-refractivity contribution in [3.8, 4) is 0 Å². The van der Waals surface area contributed by atoms with Gasteiger partial charge in [-0.15, -0.1) is 11.6 Å². The van der Waals surface area contributed by atoms with Gasteiger partial charge in [-0.25, -0.2) is 4.98 Å². The Morgan fingerprint density at radius 2 is 2.11 bits per heavy atom. The molecule has 1 heterocycles. The minimum atomic E-state index is 0.500. The zero-order chi connectivity index (χ0) is 12.5. The first-order chi connectivity index (χ1) is 8.78. The highest BCUT2D eigenvalue weighted by Gasteiger charge is 2.18. The van der Waals surface area contributed by atoms with Crippen molar-refractivity contribution in [2.75, 3.05) is 0 Å². The summed E-state index contributed by atoms with van der Waals surface area (Å²) in [5.41, 5.74) is 3.61. The highest BCUT2D eigenvalue weighted by atomic mass is 35.5. The maximum Gasteiger partial charge on any atom is 0.124 e. The first-order valence-electron chi connectivity index (χ1n) is 6.79. The summed E-state index contributed by atoms with van der Waals surface area (Å²) in [6.45, 7) is 3.22. The molecule has 1 fully saturated rings. The van der Waals surface area contributed by atoms with E-state index in [4.69, 9.17) is 11.6 Å². The highest BCUT2D eigenvalue weighted by Crippen LogP contribution is 2.29. The van der Waals surface area contributed by atoms with Crippen molar-refractivity contribution in [3.05, 3.63) is 29.6 Å². The van der Waals surface area contributed by atoms with Crippen LogP contribution in [-0.4, -0.2) is 9.55 Å². The van der Waals surface area contributed by atoms with E-state index in [0.717, 1.165) is 23.8 Å². The van der Waals surface area contributed by atoms with Gasteiger partial charge in [0, 0.05) is 6.54 Å². The molecule has 0 aliphatic heterocycles. The van der Waals surface area contributed by atoms with Gasteiger partial charge in [0.25, 0.3) is 0 Å². The molecule has 3 heteroatoms. The standard InChI is InChI=1S/C15H19ClN2/c1-11-6-7-13-14(8-11)18(15(9-16)17-13)10-12-4-2-3-5-12/h6-8,12H,2-5,9-10H2,1H3. The maximum absolute atomic E-state index is 6.05. The summed E-state index contributed by atoms with van der Waals surface area (Å²) in [6, 6.07) is 6.45. The van der Waals surface area contributed by atoms with Gasteiger partial charge in [-0.3, -0.25) is 0 Å². The van der Waals surface area contributed by atoms with Crippen LogP contribution in [-0.2, 0) is 12.4 Å². The number of hydrogen-bond donors (Lipinski definition) is 0. The Morgan fingerprint density at radius 1 is 1.33 bits per heavy atom. The van der Waals surface area contributed by atoms with Crippen molar-refractivity contribution in [2.45, 2.75) is 45.0 Å². The predicted octanol–water partition coefficient (Wildman–Crippen LogP) is 4.27. The number of hydrogen-bond acceptors (Lipinski definition) is 1. The molecule has 0 bridgehead atoms. The van der Waals surface area contributed by atoms with Crippen molar-refractivity contribution in [3.63, 3.8) is 0 Å². The van der Waals surface area contributed by atoms with Crippen LogP contribution < -0.4 is 0 Å². The Labute approximate surface area is 113 Å². The summed E-state index contributed by atoms with van der Waals surface area (Å²) < 4.78 is 2.34. The second-order valence-corrected chi connectivity index (χ2v) is 5.68. The zero-order valence-electron chi connectivity index (χ0n) is 10.8. The van der Waals surface area contributed by atoms with Crippen LogP contribution in [0.5, 0.6) is 0 Å². The molecule has 0 atom stereocenters. The van der Waals surface area contributed by atoms with Gasteiger partial charge < -0.3 is 4.57 Å². The lowest BCUT2D eigenvalue weighted by Crippen LogP contribution is -2.10. The number of aromatic nitrogens is 2. The van der Waals surface area contributed by atoms with Crippen molar-refractivity contribution >= 4 is 22.6 Å². The van der Waals surface area contributed by atoms with E-state index in [9.17, 15) is 0 Å². The Balaban J connectivity index is 2.03. The normalized spacial score (nSPS) is 16.8. The van der Waals surface area contributed by atoms with Gasteiger partial charge in [0.2, 0.25) is 0 Å². The molecule has 0 N–H and O–H groups in total. The maximum atomic E-state index is 6.05. The molecule has 0 amide bonds. The van der Waals surface area contributed by atoms with E-state index in [-0.39, 0.29) is 0 Å². The van der Waals surface area contributed by atoms with Gasteiger partial charge in [0.1, 0.15) is 5.82 Å². The van der Waals surface area contributed by atoms with Crippen LogP contribution in [0.3, 0.4) is 0 Å². The number of alkyl halides is 1. The lowest BCUT2D eigenvalue weighted by atomic mass is 10.1. The Hall–Kier alpha value is -1.02. The van der Waals surface area contributed by atoms with Crippen molar-refractivity contribution in [2.24, 2.45) is 5.92 Å². The van der Waals surface area contributed by atoms with Crippen LogP contribution in [0.2, 0.25) is 0 Å². The van der Waals surface area contributed by atoms with Crippen LogP contribution in [0, 0.1) is 12.8 Å². The van der Waals surface area contributed by atoms with Crippen LogP contribution >= 0.6 is 11.6 Å². The summed E-state index contributed by atoms with van der Waals surface area (Å²) in [5, 5.41) is 0. The van der Waals surface area contributed by atoms with Gasteiger partial charge in [-0.1, -0.05) is 18.9 Å². The Bertz CT molecular complexity index is 553. The fourth-order valence-electron chi connectivity index (χ4n) is 3.04. The van der Waals surface area contributed by atoms with Crippen LogP contribution in [0.25, 0.3) is 11.0 Å². The average Bonchev–Trinajstić information content (AvgIpc) is 2.98. The topological polar surface area (TPSA) is 17.8 Å². The molecular weight excluding hydrogens is 244 g/mol. The SMILES string of the molecule is Cc1ccc2nc(CCl)n(CC3CCCC3)c2c1. The molecule has 2 nitrogen and oxygen atoms in total. The van der Waals surface area contributed by atoms with Gasteiger partial charge in [-0.05, 0) is 43.4 Å². The number of fused-ring (bicyclic) bond motifs is 1. The first kappa shape index (κ1) is 12.0. The van der Waals surface area contributed by atoms with E-state index in [0.29, 0.717) is 5.88 Å². The fraction of sp³-hybridized carbons (Fsp3) is 0.533. The number of imidazole rings is 1. The molecule has 1 saturated carbocycles.